The van der Waals surface area contributed by atoms with Crippen LogP contribution in [0.3, 0.4) is 0 Å². The number of hydrogen-bond acceptors (Lipinski definition) is 3. The SMILES string of the molecule is CCCCCC(Oc1ccc2c(c1)Cc1ccccc1-2)C(=O)OCC. The van der Waals surface area contributed by atoms with Crippen molar-refractivity contribution in [1.29, 1.82) is 0 Å². The molecule has 0 spiro atoms. The minimum absolute atomic E-state index is 0.262. The van der Waals surface area contributed by atoms with E-state index in [0.29, 0.717) is 13.0 Å². The summed E-state index contributed by atoms with van der Waals surface area (Å²) in [5.74, 6) is 0.489. The summed E-state index contributed by atoms with van der Waals surface area (Å²) in [6.07, 6.45) is 4.28. The van der Waals surface area contributed by atoms with E-state index in [1.54, 1.807) is 0 Å². The Kier molecular flexibility index (Phi) is 5.75. The maximum absolute atomic E-state index is 12.2. The molecule has 0 radical (unpaired) electrons. The molecule has 2 aromatic rings. The van der Waals surface area contributed by atoms with E-state index in [1.807, 2.05) is 13.0 Å². The number of carbonyl (C=O) groups excluding carboxylic acids is 1. The zero-order chi connectivity index (χ0) is 17.6. The van der Waals surface area contributed by atoms with Crippen molar-refractivity contribution < 1.29 is 14.3 Å². The zero-order valence-electron chi connectivity index (χ0n) is 15.1. The van der Waals surface area contributed by atoms with Crippen molar-refractivity contribution in [1.82, 2.24) is 0 Å². The van der Waals surface area contributed by atoms with E-state index in [0.717, 1.165) is 31.4 Å². The molecule has 0 bridgehead atoms. The fourth-order valence-electron chi connectivity index (χ4n) is 3.40. The summed E-state index contributed by atoms with van der Waals surface area (Å²) in [7, 11) is 0. The highest BCUT2D eigenvalue weighted by molar-refractivity contribution is 5.78. The fraction of sp³-hybridized carbons (Fsp3) is 0.409. The summed E-state index contributed by atoms with van der Waals surface area (Å²) in [5.41, 5.74) is 5.17. The molecular formula is C22H26O3. The van der Waals surface area contributed by atoms with Gasteiger partial charge < -0.3 is 9.47 Å². The first kappa shape index (κ1) is 17.5. The quantitative estimate of drug-likeness (QED) is 0.421. The summed E-state index contributed by atoms with van der Waals surface area (Å²) >= 11 is 0. The smallest absolute Gasteiger partial charge is 0.347 e. The molecule has 1 atom stereocenters. The molecule has 132 valence electrons. The Balaban J connectivity index is 1.74. The number of unbranched alkanes of at least 4 members (excludes halogenated alkanes) is 2. The van der Waals surface area contributed by atoms with Crippen molar-refractivity contribution >= 4 is 5.97 Å². The van der Waals surface area contributed by atoms with Crippen LogP contribution in [0.2, 0.25) is 0 Å². The second-order valence-electron chi connectivity index (χ2n) is 6.51. The number of fused-ring (bicyclic) bond motifs is 3. The van der Waals surface area contributed by atoms with Gasteiger partial charge in [-0.2, -0.15) is 0 Å². The molecule has 0 amide bonds. The molecule has 0 saturated carbocycles. The lowest BCUT2D eigenvalue weighted by Crippen LogP contribution is -2.29. The highest BCUT2D eigenvalue weighted by Crippen LogP contribution is 2.38. The van der Waals surface area contributed by atoms with Crippen LogP contribution < -0.4 is 4.74 Å². The second-order valence-corrected chi connectivity index (χ2v) is 6.51. The Morgan fingerprint density at radius 2 is 1.84 bits per heavy atom. The molecule has 3 heteroatoms. The van der Waals surface area contributed by atoms with E-state index < -0.39 is 6.10 Å². The maximum atomic E-state index is 12.2. The Bertz CT molecular complexity index is 736. The van der Waals surface area contributed by atoms with Crippen molar-refractivity contribution in [3.05, 3.63) is 53.6 Å². The van der Waals surface area contributed by atoms with Crippen molar-refractivity contribution in [3.63, 3.8) is 0 Å². The predicted octanol–water partition coefficient (Wildman–Crippen LogP) is 5.15. The molecule has 1 aliphatic carbocycles. The maximum Gasteiger partial charge on any atom is 0.347 e. The minimum Gasteiger partial charge on any atom is -0.479 e. The highest BCUT2D eigenvalue weighted by atomic mass is 16.6. The van der Waals surface area contributed by atoms with Crippen LogP contribution in [0.15, 0.2) is 42.5 Å². The molecule has 0 fully saturated rings. The Morgan fingerprint density at radius 3 is 2.64 bits per heavy atom. The van der Waals surface area contributed by atoms with E-state index >= 15 is 0 Å². The Labute approximate surface area is 150 Å². The van der Waals surface area contributed by atoms with Crippen LogP contribution in [0.4, 0.5) is 0 Å². The van der Waals surface area contributed by atoms with Crippen LogP contribution in [-0.4, -0.2) is 18.7 Å². The first-order valence-corrected chi connectivity index (χ1v) is 9.27. The number of rotatable bonds is 8. The van der Waals surface area contributed by atoms with E-state index in [2.05, 4.69) is 43.3 Å². The topological polar surface area (TPSA) is 35.5 Å². The van der Waals surface area contributed by atoms with Gasteiger partial charge in [0, 0.05) is 0 Å². The molecule has 0 saturated heterocycles. The Morgan fingerprint density at radius 1 is 1.04 bits per heavy atom. The number of carbonyl (C=O) groups is 1. The number of ether oxygens (including phenoxy) is 2. The molecule has 0 aromatic heterocycles. The van der Waals surface area contributed by atoms with E-state index in [-0.39, 0.29) is 5.97 Å². The van der Waals surface area contributed by atoms with Crippen LogP contribution in [-0.2, 0) is 16.0 Å². The number of hydrogen-bond donors (Lipinski definition) is 0. The average molecular weight is 338 g/mol. The zero-order valence-corrected chi connectivity index (χ0v) is 15.1. The van der Waals surface area contributed by atoms with Crippen LogP contribution in [0.1, 0.15) is 50.7 Å². The summed E-state index contributed by atoms with van der Waals surface area (Å²) in [6, 6.07) is 14.6. The van der Waals surface area contributed by atoms with Crippen LogP contribution in [0.25, 0.3) is 11.1 Å². The van der Waals surface area contributed by atoms with Gasteiger partial charge in [-0.05, 0) is 60.6 Å². The molecule has 3 nitrogen and oxygen atoms in total. The van der Waals surface area contributed by atoms with E-state index in [4.69, 9.17) is 9.47 Å². The molecule has 0 heterocycles. The van der Waals surface area contributed by atoms with Crippen molar-refractivity contribution in [3.8, 4) is 16.9 Å². The first-order chi connectivity index (χ1) is 12.2. The van der Waals surface area contributed by atoms with Crippen molar-refractivity contribution in [2.75, 3.05) is 6.61 Å². The summed E-state index contributed by atoms with van der Waals surface area (Å²) in [4.78, 5) is 12.2. The van der Waals surface area contributed by atoms with Gasteiger partial charge in [-0.1, -0.05) is 50.1 Å². The lowest BCUT2D eigenvalue weighted by Gasteiger charge is -2.18. The predicted molar refractivity (Wildman–Crippen MR) is 99.9 cm³/mol. The molecular weight excluding hydrogens is 312 g/mol. The van der Waals surface area contributed by atoms with E-state index in [1.165, 1.54) is 22.3 Å². The first-order valence-electron chi connectivity index (χ1n) is 9.27. The molecule has 2 aromatic carbocycles. The van der Waals surface area contributed by atoms with Gasteiger partial charge in [-0.25, -0.2) is 4.79 Å². The molecule has 3 rings (SSSR count). The van der Waals surface area contributed by atoms with Gasteiger partial charge in [0.05, 0.1) is 6.61 Å². The fourth-order valence-corrected chi connectivity index (χ4v) is 3.40. The largest absolute Gasteiger partial charge is 0.479 e. The normalized spacial score (nSPS) is 13.0. The molecule has 0 N–H and O–H groups in total. The third kappa shape index (κ3) is 4.04. The summed E-state index contributed by atoms with van der Waals surface area (Å²) in [6.45, 7) is 4.36. The second kappa shape index (κ2) is 8.19. The number of benzene rings is 2. The van der Waals surface area contributed by atoms with Crippen LogP contribution in [0.5, 0.6) is 5.75 Å². The molecule has 0 aliphatic heterocycles. The average Bonchev–Trinajstić information content (AvgIpc) is 2.99. The van der Waals surface area contributed by atoms with Crippen molar-refractivity contribution in [2.24, 2.45) is 0 Å². The van der Waals surface area contributed by atoms with Gasteiger partial charge in [0.2, 0.25) is 0 Å². The Hall–Kier alpha value is -2.29. The molecule has 25 heavy (non-hydrogen) atoms. The standard InChI is InChI=1S/C22H26O3/c1-3-5-6-11-21(22(23)24-4-2)25-18-12-13-20-17(15-18)14-16-9-7-8-10-19(16)20/h7-10,12-13,15,21H,3-6,11,14H2,1-2H3. The third-order valence-electron chi connectivity index (χ3n) is 4.66. The van der Waals surface area contributed by atoms with Gasteiger partial charge in [-0.3, -0.25) is 0 Å². The van der Waals surface area contributed by atoms with Gasteiger partial charge in [-0.15, -0.1) is 0 Å². The third-order valence-corrected chi connectivity index (χ3v) is 4.66. The molecule has 1 aliphatic rings. The monoisotopic (exact) mass is 338 g/mol. The highest BCUT2D eigenvalue weighted by Gasteiger charge is 2.23. The lowest BCUT2D eigenvalue weighted by molar-refractivity contribution is -0.151. The van der Waals surface area contributed by atoms with Gasteiger partial charge in [0.1, 0.15) is 5.75 Å². The van der Waals surface area contributed by atoms with Gasteiger partial charge in [0.25, 0.3) is 0 Å². The summed E-state index contributed by atoms with van der Waals surface area (Å²) < 4.78 is 11.2. The number of esters is 1. The minimum atomic E-state index is -0.520. The van der Waals surface area contributed by atoms with Crippen LogP contribution in [0, 0.1) is 0 Å². The van der Waals surface area contributed by atoms with Crippen LogP contribution >= 0.6 is 0 Å². The molecule has 1 unspecified atom stereocenters. The van der Waals surface area contributed by atoms with E-state index in [9.17, 15) is 4.79 Å². The summed E-state index contributed by atoms with van der Waals surface area (Å²) in [5, 5.41) is 0. The van der Waals surface area contributed by atoms with Gasteiger partial charge in [0.15, 0.2) is 6.10 Å². The van der Waals surface area contributed by atoms with Crippen molar-refractivity contribution in [2.45, 2.75) is 52.1 Å². The van der Waals surface area contributed by atoms with Gasteiger partial charge >= 0.3 is 5.97 Å². The lowest BCUT2D eigenvalue weighted by atomic mass is 10.1.